The van der Waals surface area contributed by atoms with E-state index in [0.717, 1.165) is 18.4 Å². The fraction of sp³-hybridized carbons (Fsp3) is 0.500. The summed E-state index contributed by atoms with van der Waals surface area (Å²) in [6, 6.07) is 6.74. The summed E-state index contributed by atoms with van der Waals surface area (Å²) in [6.45, 7) is 4.55. The maximum Gasteiger partial charge on any atom is 0.220 e. The molecule has 1 N–H and O–H groups in total. The van der Waals surface area contributed by atoms with Gasteiger partial charge in [-0.1, -0.05) is 26.0 Å². The van der Waals surface area contributed by atoms with Crippen molar-refractivity contribution in [1.29, 1.82) is 0 Å². The number of hydrogen-bond donors (Lipinski definition) is 1. The molecule has 0 bridgehead atoms. The van der Waals surface area contributed by atoms with Crippen molar-refractivity contribution in [2.75, 3.05) is 0 Å². The van der Waals surface area contributed by atoms with Gasteiger partial charge in [-0.15, -0.1) is 0 Å². The van der Waals surface area contributed by atoms with Crippen LogP contribution in [0.25, 0.3) is 0 Å². The van der Waals surface area contributed by atoms with Crippen LogP contribution in [0.1, 0.15) is 44.6 Å². The SMILES string of the molecule is CC1(C)CC[C@H](c2cccc(=O)c(O)c2)C1. The van der Waals surface area contributed by atoms with Crippen molar-refractivity contribution >= 4 is 0 Å². The average molecular weight is 218 g/mol. The molecule has 0 saturated heterocycles. The summed E-state index contributed by atoms with van der Waals surface area (Å²) in [4.78, 5) is 11.3. The lowest BCUT2D eigenvalue weighted by Crippen LogP contribution is -2.04. The molecule has 1 saturated carbocycles. The summed E-state index contributed by atoms with van der Waals surface area (Å²) in [6.07, 6.45) is 3.48. The smallest absolute Gasteiger partial charge is 0.220 e. The molecule has 0 unspecified atom stereocenters. The number of rotatable bonds is 1. The minimum atomic E-state index is -0.302. The van der Waals surface area contributed by atoms with E-state index in [4.69, 9.17) is 0 Å². The van der Waals surface area contributed by atoms with Crippen LogP contribution in [0.2, 0.25) is 0 Å². The van der Waals surface area contributed by atoms with Crippen LogP contribution in [0.5, 0.6) is 5.75 Å². The predicted octanol–water partition coefficient (Wildman–Crippen LogP) is 3.05. The topological polar surface area (TPSA) is 37.3 Å². The second-order valence-corrected chi connectivity index (χ2v) is 5.52. The lowest BCUT2D eigenvalue weighted by molar-refractivity contribution is 0.376. The molecule has 1 fully saturated rings. The van der Waals surface area contributed by atoms with Gasteiger partial charge in [0.05, 0.1) is 0 Å². The lowest BCUT2D eigenvalue weighted by Gasteiger charge is -2.16. The van der Waals surface area contributed by atoms with Gasteiger partial charge in [-0.05, 0) is 48.3 Å². The summed E-state index contributed by atoms with van der Waals surface area (Å²) in [5.41, 5.74) is 1.17. The summed E-state index contributed by atoms with van der Waals surface area (Å²) in [7, 11) is 0. The van der Waals surface area contributed by atoms with Crippen LogP contribution in [-0.4, -0.2) is 5.11 Å². The zero-order valence-electron chi connectivity index (χ0n) is 9.86. The summed E-state index contributed by atoms with van der Waals surface area (Å²) in [5, 5.41) is 9.54. The first-order chi connectivity index (χ1) is 7.48. The molecule has 0 amide bonds. The molecular formula is C14H18O2. The molecule has 1 atom stereocenters. The van der Waals surface area contributed by atoms with Crippen LogP contribution in [0.3, 0.4) is 0 Å². The molecule has 1 aromatic rings. The van der Waals surface area contributed by atoms with Crippen LogP contribution >= 0.6 is 0 Å². The van der Waals surface area contributed by atoms with Crippen molar-refractivity contribution in [2.24, 2.45) is 5.41 Å². The second-order valence-electron chi connectivity index (χ2n) is 5.52. The third-order valence-electron chi connectivity index (χ3n) is 3.53. The first kappa shape index (κ1) is 11.2. The standard InChI is InChI=1S/C14H18O2/c1-14(2)7-6-11(9-14)10-4-3-5-12(15)13(16)8-10/h3-5,8,11H,6-7,9H2,1-2H3,(H,15,16)/t11-/m0/s1. The van der Waals surface area contributed by atoms with Gasteiger partial charge in [0, 0.05) is 0 Å². The Morgan fingerprint density at radius 1 is 1.38 bits per heavy atom. The van der Waals surface area contributed by atoms with Gasteiger partial charge < -0.3 is 5.11 Å². The van der Waals surface area contributed by atoms with E-state index in [1.165, 1.54) is 12.5 Å². The maximum absolute atomic E-state index is 11.3. The molecule has 1 aliphatic rings. The van der Waals surface area contributed by atoms with Crippen LogP contribution in [0.4, 0.5) is 0 Å². The highest BCUT2D eigenvalue weighted by atomic mass is 16.3. The maximum atomic E-state index is 11.3. The van der Waals surface area contributed by atoms with Crippen molar-refractivity contribution in [3.05, 3.63) is 40.1 Å². The average Bonchev–Trinajstić information content (AvgIpc) is 2.47. The fourth-order valence-corrected chi connectivity index (χ4v) is 2.58. The molecule has 0 radical (unpaired) electrons. The predicted molar refractivity (Wildman–Crippen MR) is 64.7 cm³/mol. The van der Waals surface area contributed by atoms with Gasteiger partial charge >= 0.3 is 0 Å². The molecule has 2 nitrogen and oxygen atoms in total. The molecule has 0 heterocycles. The van der Waals surface area contributed by atoms with Crippen LogP contribution in [-0.2, 0) is 0 Å². The Morgan fingerprint density at radius 2 is 2.12 bits per heavy atom. The monoisotopic (exact) mass is 218 g/mol. The Hall–Kier alpha value is -1.31. The minimum absolute atomic E-state index is 0.135. The summed E-state index contributed by atoms with van der Waals surface area (Å²) in [5.74, 6) is 0.345. The van der Waals surface area contributed by atoms with E-state index >= 15 is 0 Å². The van der Waals surface area contributed by atoms with Crippen molar-refractivity contribution in [3.8, 4) is 5.75 Å². The van der Waals surface area contributed by atoms with E-state index in [9.17, 15) is 9.90 Å². The number of hydrogen-bond acceptors (Lipinski definition) is 2. The van der Waals surface area contributed by atoms with Crippen LogP contribution < -0.4 is 5.43 Å². The fourth-order valence-electron chi connectivity index (χ4n) is 2.58. The molecule has 1 aliphatic carbocycles. The van der Waals surface area contributed by atoms with Gasteiger partial charge in [-0.25, -0.2) is 0 Å². The van der Waals surface area contributed by atoms with Gasteiger partial charge in [0.15, 0.2) is 5.75 Å². The van der Waals surface area contributed by atoms with E-state index in [1.54, 1.807) is 12.1 Å². The number of aromatic hydroxyl groups is 1. The minimum Gasteiger partial charge on any atom is -0.504 e. The van der Waals surface area contributed by atoms with E-state index < -0.39 is 0 Å². The normalized spacial score (nSPS) is 23.2. The molecule has 0 aliphatic heterocycles. The molecule has 2 rings (SSSR count). The highest BCUT2D eigenvalue weighted by Crippen LogP contribution is 2.45. The van der Waals surface area contributed by atoms with Crippen molar-refractivity contribution in [3.63, 3.8) is 0 Å². The first-order valence-corrected chi connectivity index (χ1v) is 5.81. The molecule has 0 aromatic heterocycles. The summed E-state index contributed by atoms with van der Waals surface area (Å²) < 4.78 is 0. The Kier molecular flexibility index (Phi) is 2.75. The molecule has 1 aromatic carbocycles. The molecule has 0 spiro atoms. The largest absolute Gasteiger partial charge is 0.504 e. The van der Waals surface area contributed by atoms with Crippen LogP contribution in [0, 0.1) is 5.41 Å². The van der Waals surface area contributed by atoms with Gasteiger partial charge in [-0.3, -0.25) is 4.79 Å². The third-order valence-corrected chi connectivity index (χ3v) is 3.53. The molecule has 2 heteroatoms. The van der Waals surface area contributed by atoms with Crippen molar-refractivity contribution < 1.29 is 5.11 Å². The Balaban J connectivity index is 2.33. The van der Waals surface area contributed by atoms with E-state index in [0.29, 0.717) is 11.3 Å². The molecular weight excluding hydrogens is 200 g/mol. The highest BCUT2D eigenvalue weighted by Gasteiger charge is 2.31. The molecule has 86 valence electrons. The third kappa shape index (κ3) is 2.26. The van der Waals surface area contributed by atoms with Gasteiger partial charge in [0.2, 0.25) is 5.43 Å². The lowest BCUT2D eigenvalue weighted by atomic mass is 9.89. The first-order valence-electron chi connectivity index (χ1n) is 5.81. The van der Waals surface area contributed by atoms with E-state index in [-0.39, 0.29) is 11.2 Å². The van der Waals surface area contributed by atoms with Gasteiger partial charge in [0.1, 0.15) is 0 Å². The zero-order chi connectivity index (χ0) is 11.8. The second kappa shape index (κ2) is 3.93. The quantitative estimate of drug-likeness (QED) is 0.786. The Morgan fingerprint density at radius 3 is 2.75 bits per heavy atom. The van der Waals surface area contributed by atoms with Gasteiger partial charge in [-0.2, -0.15) is 0 Å². The van der Waals surface area contributed by atoms with Crippen molar-refractivity contribution in [1.82, 2.24) is 0 Å². The van der Waals surface area contributed by atoms with E-state index in [1.807, 2.05) is 6.07 Å². The highest BCUT2D eigenvalue weighted by molar-refractivity contribution is 5.29. The summed E-state index contributed by atoms with van der Waals surface area (Å²) >= 11 is 0. The van der Waals surface area contributed by atoms with E-state index in [2.05, 4.69) is 13.8 Å². The van der Waals surface area contributed by atoms with Crippen LogP contribution in [0.15, 0.2) is 29.1 Å². The zero-order valence-corrected chi connectivity index (χ0v) is 9.86. The Labute approximate surface area is 95.9 Å². The molecule has 16 heavy (non-hydrogen) atoms. The Bertz CT molecular complexity index is 449. The van der Waals surface area contributed by atoms with Crippen molar-refractivity contribution in [2.45, 2.75) is 39.0 Å². The van der Waals surface area contributed by atoms with Gasteiger partial charge in [0.25, 0.3) is 0 Å².